The topological polar surface area (TPSA) is 86.0 Å². The number of benzene rings is 1. The predicted molar refractivity (Wildman–Crippen MR) is 115 cm³/mol. The smallest absolute Gasteiger partial charge is 0.414 e. The van der Waals surface area contributed by atoms with Crippen molar-refractivity contribution in [2.75, 3.05) is 20.3 Å². The Labute approximate surface area is 199 Å². The summed E-state index contributed by atoms with van der Waals surface area (Å²) in [7, 11) is 1.36. The number of halogens is 1. The Hall–Kier alpha value is -3.13. The molecular weight excluding hydrogens is 448 g/mol. The molecule has 2 unspecified atom stereocenters. The van der Waals surface area contributed by atoms with E-state index in [1.54, 1.807) is 40.9 Å². The Kier molecular flexibility index (Phi) is 10.1. The average molecular weight is 477 g/mol. The molecule has 3 rings (SSSR count). The minimum Gasteiger partial charge on any atom is -1.00 e. The molecule has 8 nitrogen and oxygen atoms in total. The van der Waals surface area contributed by atoms with E-state index in [1.165, 1.54) is 7.11 Å². The van der Waals surface area contributed by atoms with Gasteiger partial charge in [-0.15, -0.1) is 0 Å². The van der Waals surface area contributed by atoms with Crippen LogP contribution in [0.2, 0.25) is 0 Å². The SMILES string of the molecule is CCOC(=O)c1ccc[n+](COC(=O)N2CCCCC2C(C(=O)OC)c2ccccc2)c1.[Cl-]. The van der Waals surface area contributed by atoms with E-state index in [-0.39, 0.29) is 37.8 Å². The first kappa shape index (κ1) is 26.1. The number of piperidine rings is 1. The summed E-state index contributed by atoms with van der Waals surface area (Å²) in [6.07, 6.45) is 5.18. The number of amides is 1. The molecule has 1 aromatic heterocycles. The van der Waals surface area contributed by atoms with Crippen LogP contribution in [0.25, 0.3) is 0 Å². The summed E-state index contributed by atoms with van der Waals surface area (Å²) in [4.78, 5) is 39.2. The molecule has 1 amide bonds. The second kappa shape index (κ2) is 12.8. The van der Waals surface area contributed by atoms with E-state index < -0.39 is 18.0 Å². The van der Waals surface area contributed by atoms with Crippen LogP contribution in [0.15, 0.2) is 54.9 Å². The highest BCUT2D eigenvalue weighted by molar-refractivity contribution is 5.88. The van der Waals surface area contributed by atoms with Gasteiger partial charge in [-0.05, 0) is 37.8 Å². The molecule has 0 spiro atoms. The van der Waals surface area contributed by atoms with Crippen LogP contribution in [0.1, 0.15) is 48.0 Å². The van der Waals surface area contributed by atoms with Gasteiger partial charge in [-0.3, -0.25) is 4.79 Å². The second-order valence-corrected chi connectivity index (χ2v) is 7.53. The number of pyridine rings is 1. The lowest BCUT2D eigenvalue weighted by Gasteiger charge is -2.38. The van der Waals surface area contributed by atoms with Crippen LogP contribution in [0.5, 0.6) is 0 Å². The van der Waals surface area contributed by atoms with Crippen molar-refractivity contribution < 1.29 is 45.6 Å². The highest BCUT2D eigenvalue weighted by Crippen LogP contribution is 2.32. The van der Waals surface area contributed by atoms with Gasteiger partial charge < -0.3 is 31.5 Å². The quantitative estimate of drug-likeness (QED) is 0.319. The number of likely N-dealkylation sites (tertiary alicyclic amines) is 1. The molecular formula is C24H29ClN2O6. The Morgan fingerprint density at radius 3 is 2.55 bits per heavy atom. The summed E-state index contributed by atoms with van der Waals surface area (Å²) < 4.78 is 17.2. The number of rotatable bonds is 7. The van der Waals surface area contributed by atoms with Crippen molar-refractivity contribution in [3.05, 3.63) is 66.0 Å². The van der Waals surface area contributed by atoms with E-state index in [4.69, 9.17) is 14.2 Å². The molecule has 1 aromatic carbocycles. The zero-order chi connectivity index (χ0) is 22.9. The van der Waals surface area contributed by atoms with Crippen molar-refractivity contribution in [2.24, 2.45) is 0 Å². The van der Waals surface area contributed by atoms with Crippen molar-refractivity contribution in [1.29, 1.82) is 0 Å². The van der Waals surface area contributed by atoms with Gasteiger partial charge in [0.15, 0.2) is 12.4 Å². The molecule has 2 heterocycles. The maximum atomic E-state index is 13.0. The van der Waals surface area contributed by atoms with Crippen LogP contribution in [0, 0.1) is 0 Å². The number of ether oxygens (including phenoxy) is 3. The first-order valence-electron chi connectivity index (χ1n) is 10.8. The third-order valence-electron chi connectivity index (χ3n) is 5.49. The normalized spacial score (nSPS) is 16.2. The highest BCUT2D eigenvalue weighted by Gasteiger charge is 2.39. The lowest BCUT2D eigenvalue weighted by Crippen LogP contribution is -3.00. The molecule has 33 heavy (non-hydrogen) atoms. The van der Waals surface area contributed by atoms with E-state index in [1.807, 2.05) is 30.3 Å². The Bertz CT molecular complexity index is 940. The molecule has 0 bridgehead atoms. The fourth-order valence-corrected chi connectivity index (χ4v) is 3.98. The molecule has 1 aliphatic heterocycles. The average Bonchev–Trinajstić information content (AvgIpc) is 2.84. The number of hydrogen-bond acceptors (Lipinski definition) is 6. The monoisotopic (exact) mass is 476 g/mol. The fraction of sp³-hybridized carbons (Fsp3) is 0.417. The van der Waals surface area contributed by atoms with E-state index in [2.05, 4.69) is 0 Å². The zero-order valence-electron chi connectivity index (χ0n) is 18.8. The fourth-order valence-electron chi connectivity index (χ4n) is 3.98. The van der Waals surface area contributed by atoms with Gasteiger partial charge in [-0.1, -0.05) is 30.3 Å². The van der Waals surface area contributed by atoms with Crippen molar-refractivity contribution in [3.8, 4) is 0 Å². The van der Waals surface area contributed by atoms with Gasteiger partial charge in [-0.2, -0.15) is 4.57 Å². The molecule has 1 saturated heterocycles. The molecule has 9 heteroatoms. The summed E-state index contributed by atoms with van der Waals surface area (Å²) in [5, 5.41) is 0. The molecule has 0 radical (unpaired) electrons. The molecule has 1 aliphatic rings. The van der Waals surface area contributed by atoms with Gasteiger partial charge in [-0.25, -0.2) is 9.59 Å². The van der Waals surface area contributed by atoms with Crippen LogP contribution in [0.4, 0.5) is 4.79 Å². The van der Waals surface area contributed by atoms with Gasteiger partial charge >= 0.3 is 18.0 Å². The van der Waals surface area contributed by atoms with Crippen molar-refractivity contribution >= 4 is 18.0 Å². The maximum Gasteiger partial charge on any atom is 0.414 e. The molecule has 1 fully saturated rings. The van der Waals surface area contributed by atoms with Crippen LogP contribution in [-0.2, 0) is 25.7 Å². The number of nitrogens with zero attached hydrogens (tertiary/aromatic N) is 2. The minimum atomic E-state index is -0.589. The van der Waals surface area contributed by atoms with Crippen molar-refractivity contribution in [2.45, 2.75) is 44.9 Å². The number of aromatic nitrogens is 1. The van der Waals surface area contributed by atoms with Gasteiger partial charge in [0, 0.05) is 12.6 Å². The first-order valence-corrected chi connectivity index (χ1v) is 10.8. The van der Waals surface area contributed by atoms with Gasteiger partial charge in [0.05, 0.1) is 19.8 Å². The van der Waals surface area contributed by atoms with Crippen molar-refractivity contribution in [1.82, 2.24) is 4.90 Å². The van der Waals surface area contributed by atoms with E-state index in [9.17, 15) is 14.4 Å². The Balaban J connectivity index is 0.00000385. The van der Waals surface area contributed by atoms with Crippen LogP contribution in [-0.4, -0.2) is 49.2 Å². The standard InChI is InChI=1S/C24H29N2O6.ClH/c1-3-31-22(27)19-12-9-14-25(16-19)17-32-24(29)26-15-8-7-13-20(26)21(23(28)30-2)18-10-5-4-6-11-18;/h4-6,9-12,14,16,20-21H,3,7-8,13,15,17H2,1-2H3;1H/q+1;/p-1. The third kappa shape index (κ3) is 6.68. The number of carbonyl (C=O) groups excluding carboxylic acids is 3. The molecule has 0 saturated carbocycles. The van der Waals surface area contributed by atoms with Crippen molar-refractivity contribution in [3.63, 3.8) is 0 Å². The molecule has 2 atom stereocenters. The molecule has 178 valence electrons. The summed E-state index contributed by atoms with van der Waals surface area (Å²) in [6.45, 7) is 2.45. The number of methoxy groups -OCH3 is 1. The van der Waals surface area contributed by atoms with E-state index >= 15 is 0 Å². The van der Waals surface area contributed by atoms with Crippen LogP contribution >= 0.6 is 0 Å². The summed E-state index contributed by atoms with van der Waals surface area (Å²) >= 11 is 0. The van der Waals surface area contributed by atoms with E-state index in [0.29, 0.717) is 18.5 Å². The first-order chi connectivity index (χ1) is 15.5. The largest absolute Gasteiger partial charge is 1.00 e. The summed E-state index contributed by atoms with van der Waals surface area (Å²) in [6, 6.07) is 12.3. The second-order valence-electron chi connectivity index (χ2n) is 7.53. The van der Waals surface area contributed by atoms with E-state index in [0.717, 1.165) is 18.4 Å². The van der Waals surface area contributed by atoms with Crippen LogP contribution < -0.4 is 17.0 Å². The molecule has 0 aliphatic carbocycles. The maximum absolute atomic E-state index is 13.0. The Morgan fingerprint density at radius 1 is 1.09 bits per heavy atom. The van der Waals surface area contributed by atoms with Crippen LogP contribution in [0.3, 0.4) is 0 Å². The summed E-state index contributed by atoms with van der Waals surface area (Å²) in [5.41, 5.74) is 1.18. The lowest BCUT2D eigenvalue weighted by molar-refractivity contribution is -0.727. The van der Waals surface area contributed by atoms with Gasteiger partial charge in [0.1, 0.15) is 11.5 Å². The van der Waals surface area contributed by atoms with Gasteiger partial charge in [0.2, 0.25) is 0 Å². The zero-order valence-corrected chi connectivity index (χ0v) is 19.6. The predicted octanol–water partition coefficient (Wildman–Crippen LogP) is 0.0602. The Morgan fingerprint density at radius 2 is 1.85 bits per heavy atom. The highest BCUT2D eigenvalue weighted by atomic mass is 35.5. The molecule has 2 aromatic rings. The minimum absolute atomic E-state index is 0. The lowest BCUT2D eigenvalue weighted by atomic mass is 9.85. The number of esters is 2. The summed E-state index contributed by atoms with van der Waals surface area (Å²) in [5.74, 6) is -1.40. The van der Waals surface area contributed by atoms with Gasteiger partial charge in [0.25, 0.3) is 6.73 Å². The molecule has 0 N–H and O–H groups in total. The third-order valence-corrected chi connectivity index (χ3v) is 5.49. The number of hydrogen-bond donors (Lipinski definition) is 0. The number of carbonyl (C=O) groups is 3.